The van der Waals surface area contributed by atoms with Crippen molar-refractivity contribution in [2.45, 2.75) is 13.5 Å². The number of aldehydes is 1. The van der Waals surface area contributed by atoms with Gasteiger partial charge in [-0.1, -0.05) is 11.3 Å². The Morgan fingerprint density at radius 2 is 2.31 bits per heavy atom. The molecule has 0 saturated heterocycles. The molecule has 16 heavy (non-hydrogen) atoms. The Labute approximate surface area is 91.7 Å². The molecule has 4 nitrogen and oxygen atoms in total. The number of benzene rings is 1. The largest absolute Gasteiger partial charge is 0.296 e. The average Bonchev–Trinajstić information content (AvgIpc) is 2.71. The molecule has 2 aromatic rings. The fourth-order valence-corrected chi connectivity index (χ4v) is 1.43. The minimum atomic E-state index is -0.281. The number of hydrogen-bond donors (Lipinski definition) is 0. The quantitative estimate of drug-likeness (QED) is 0.736. The van der Waals surface area contributed by atoms with Crippen molar-refractivity contribution in [2.24, 2.45) is 0 Å². The normalized spacial score (nSPS) is 10.4. The van der Waals surface area contributed by atoms with Crippen LogP contribution in [0.5, 0.6) is 0 Å². The van der Waals surface area contributed by atoms with E-state index in [0.29, 0.717) is 12.8 Å². The van der Waals surface area contributed by atoms with Gasteiger partial charge in [-0.05, 0) is 30.2 Å². The predicted octanol–water partition coefficient (Wildman–Crippen LogP) is 1.59. The molecular weight excluding hydrogens is 209 g/mol. The van der Waals surface area contributed by atoms with Gasteiger partial charge in [-0.2, -0.15) is 0 Å². The van der Waals surface area contributed by atoms with E-state index in [1.807, 2.05) is 6.92 Å². The molecule has 0 unspecified atom stereocenters. The van der Waals surface area contributed by atoms with E-state index in [2.05, 4.69) is 10.3 Å². The lowest BCUT2D eigenvalue weighted by atomic mass is 10.1. The number of carbonyl (C=O) groups excluding carboxylic acids is 1. The minimum absolute atomic E-state index is 0.272. The highest BCUT2D eigenvalue weighted by molar-refractivity contribution is 5.70. The van der Waals surface area contributed by atoms with Crippen LogP contribution in [-0.2, 0) is 6.54 Å². The average molecular weight is 219 g/mol. The van der Waals surface area contributed by atoms with E-state index in [1.54, 1.807) is 6.07 Å². The summed E-state index contributed by atoms with van der Waals surface area (Å²) in [7, 11) is 0. The van der Waals surface area contributed by atoms with E-state index < -0.39 is 0 Å². The molecule has 0 radical (unpaired) electrons. The third kappa shape index (κ3) is 2.13. The molecule has 0 aliphatic rings. The van der Waals surface area contributed by atoms with Gasteiger partial charge in [0.05, 0.1) is 12.7 Å². The number of carbonyl (C=O) groups is 1. The first-order chi connectivity index (χ1) is 7.69. The van der Waals surface area contributed by atoms with E-state index in [1.165, 1.54) is 23.0 Å². The summed E-state index contributed by atoms with van der Waals surface area (Å²) in [5, 5.41) is 7.40. The number of halogens is 1. The summed E-state index contributed by atoms with van der Waals surface area (Å²) in [5.41, 5.74) is 2.07. The monoisotopic (exact) mass is 219 g/mol. The Balaban J connectivity index is 2.26. The molecule has 1 aromatic carbocycles. The number of aryl methyl sites for hydroxylation is 1. The van der Waals surface area contributed by atoms with Gasteiger partial charge >= 0.3 is 0 Å². The molecule has 82 valence electrons. The zero-order valence-electron chi connectivity index (χ0n) is 8.72. The number of nitrogens with zero attached hydrogens (tertiary/aromatic N) is 3. The lowest BCUT2D eigenvalue weighted by Crippen LogP contribution is -2.02. The van der Waals surface area contributed by atoms with Crippen molar-refractivity contribution in [3.63, 3.8) is 0 Å². The Bertz CT molecular complexity index is 522. The maximum atomic E-state index is 13.0. The Morgan fingerprint density at radius 1 is 1.50 bits per heavy atom. The van der Waals surface area contributed by atoms with Crippen molar-refractivity contribution in [1.29, 1.82) is 0 Å². The lowest BCUT2D eigenvalue weighted by Gasteiger charge is -2.04. The van der Waals surface area contributed by atoms with E-state index in [0.717, 1.165) is 11.1 Å². The fraction of sp³-hybridized carbons (Fsp3) is 0.182. The summed E-state index contributed by atoms with van der Waals surface area (Å²) in [6.07, 6.45) is 2.15. The Hall–Kier alpha value is -2.04. The highest BCUT2D eigenvalue weighted by atomic mass is 19.1. The van der Waals surface area contributed by atoms with Gasteiger partial charge in [0.15, 0.2) is 6.29 Å². The molecule has 0 saturated carbocycles. The summed E-state index contributed by atoms with van der Waals surface area (Å²) >= 11 is 0. The first-order valence-electron chi connectivity index (χ1n) is 4.79. The van der Waals surface area contributed by atoms with Gasteiger partial charge < -0.3 is 0 Å². The van der Waals surface area contributed by atoms with Crippen LogP contribution < -0.4 is 0 Å². The smallest absolute Gasteiger partial charge is 0.171 e. The molecule has 5 heteroatoms. The molecule has 0 fully saturated rings. The second-order valence-electron chi connectivity index (χ2n) is 3.53. The SMILES string of the molecule is Cc1ccc(F)cc1Cn1cc(C=O)nn1. The van der Waals surface area contributed by atoms with Crippen molar-refractivity contribution in [2.75, 3.05) is 0 Å². The molecule has 0 aliphatic carbocycles. The van der Waals surface area contributed by atoms with Crippen LogP contribution in [0.2, 0.25) is 0 Å². The first-order valence-corrected chi connectivity index (χ1v) is 4.79. The van der Waals surface area contributed by atoms with Gasteiger partial charge in [-0.15, -0.1) is 5.10 Å². The summed E-state index contributed by atoms with van der Waals surface area (Å²) in [5.74, 6) is -0.281. The maximum absolute atomic E-state index is 13.0. The summed E-state index contributed by atoms with van der Waals surface area (Å²) < 4.78 is 14.5. The van der Waals surface area contributed by atoms with Gasteiger partial charge in [-0.3, -0.25) is 4.79 Å². The van der Waals surface area contributed by atoms with E-state index >= 15 is 0 Å². The van der Waals surface area contributed by atoms with E-state index in [4.69, 9.17) is 0 Å². The summed E-state index contributed by atoms with van der Waals surface area (Å²) in [6.45, 7) is 2.30. The van der Waals surface area contributed by atoms with Crippen LogP contribution in [0.1, 0.15) is 21.6 Å². The molecule has 0 spiro atoms. The summed E-state index contributed by atoms with van der Waals surface area (Å²) in [4.78, 5) is 10.4. The van der Waals surface area contributed by atoms with Crippen molar-refractivity contribution >= 4 is 6.29 Å². The molecule has 0 amide bonds. The molecule has 2 rings (SSSR count). The van der Waals surface area contributed by atoms with Gasteiger partial charge in [0.1, 0.15) is 11.5 Å². The van der Waals surface area contributed by atoms with Crippen molar-refractivity contribution in [3.05, 3.63) is 47.0 Å². The van der Waals surface area contributed by atoms with Gasteiger partial charge in [0.2, 0.25) is 0 Å². The van der Waals surface area contributed by atoms with Crippen LogP contribution in [-0.4, -0.2) is 21.3 Å². The van der Waals surface area contributed by atoms with Crippen molar-refractivity contribution in [3.8, 4) is 0 Å². The third-order valence-electron chi connectivity index (χ3n) is 2.32. The van der Waals surface area contributed by atoms with Crippen LogP contribution in [0.25, 0.3) is 0 Å². The van der Waals surface area contributed by atoms with Crippen LogP contribution >= 0.6 is 0 Å². The molecule has 1 heterocycles. The Morgan fingerprint density at radius 3 is 3.00 bits per heavy atom. The fourth-order valence-electron chi connectivity index (χ4n) is 1.43. The highest BCUT2D eigenvalue weighted by Crippen LogP contribution is 2.11. The topological polar surface area (TPSA) is 47.8 Å². The zero-order chi connectivity index (χ0) is 11.5. The third-order valence-corrected chi connectivity index (χ3v) is 2.32. The number of rotatable bonds is 3. The summed E-state index contributed by atoms with van der Waals surface area (Å²) in [6, 6.07) is 4.58. The number of hydrogen-bond acceptors (Lipinski definition) is 3. The molecule has 1 aromatic heterocycles. The highest BCUT2D eigenvalue weighted by Gasteiger charge is 2.04. The zero-order valence-corrected chi connectivity index (χ0v) is 8.72. The van der Waals surface area contributed by atoms with Crippen LogP contribution in [0, 0.1) is 12.7 Å². The van der Waals surface area contributed by atoms with Crippen molar-refractivity contribution in [1.82, 2.24) is 15.0 Å². The predicted molar refractivity (Wildman–Crippen MR) is 55.6 cm³/mol. The molecule has 0 N–H and O–H groups in total. The van der Waals surface area contributed by atoms with Gasteiger partial charge in [-0.25, -0.2) is 9.07 Å². The van der Waals surface area contributed by atoms with Gasteiger partial charge in [0, 0.05) is 0 Å². The van der Waals surface area contributed by atoms with Gasteiger partial charge in [0.25, 0.3) is 0 Å². The van der Waals surface area contributed by atoms with E-state index in [9.17, 15) is 9.18 Å². The van der Waals surface area contributed by atoms with Crippen LogP contribution in [0.3, 0.4) is 0 Å². The van der Waals surface area contributed by atoms with Crippen LogP contribution in [0.4, 0.5) is 4.39 Å². The maximum Gasteiger partial charge on any atom is 0.171 e. The minimum Gasteiger partial charge on any atom is -0.296 e. The second kappa shape index (κ2) is 4.22. The van der Waals surface area contributed by atoms with Crippen molar-refractivity contribution < 1.29 is 9.18 Å². The molecule has 0 bridgehead atoms. The van der Waals surface area contributed by atoms with E-state index in [-0.39, 0.29) is 11.5 Å². The standard InChI is InChI=1S/C11H10FN3O/c1-8-2-3-10(12)4-9(8)5-15-6-11(7-16)13-14-15/h2-4,6-7H,5H2,1H3. The Kier molecular flexibility index (Phi) is 2.76. The molecular formula is C11H10FN3O. The lowest BCUT2D eigenvalue weighted by molar-refractivity contribution is 0.111. The first kappa shape index (κ1) is 10.5. The second-order valence-corrected chi connectivity index (χ2v) is 3.53. The molecule has 0 aliphatic heterocycles. The number of aromatic nitrogens is 3. The molecule has 0 atom stereocenters. The van der Waals surface area contributed by atoms with Crippen LogP contribution in [0.15, 0.2) is 24.4 Å².